The molecule has 1 aliphatic carbocycles. The Hall–Kier alpha value is -2.36. The highest BCUT2D eigenvalue weighted by atomic mass is 19.1. The van der Waals surface area contributed by atoms with Gasteiger partial charge in [0.1, 0.15) is 11.6 Å². The molecule has 3 rings (SSSR count). The summed E-state index contributed by atoms with van der Waals surface area (Å²) in [5.41, 5.74) is 2.01. The number of halogens is 1. The molecule has 2 aromatic rings. The van der Waals surface area contributed by atoms with Crippen LogP contribution in [0.4, 0.5) is 4.39 Å². The van der Waals surface area contributed by atoms with Gasteiger partial charge in [-0.3, -0.25) is 4.79 Å². The van der Waals surface area contributed by atoms with Crippen LogP contribution in [0.15, 0.2) is 48.5 Å². The molecule has 0 spiro atoms. The van der Waals surface area contributed by atoms with Crippen LogP contribution in [0.25, 0.3) is 0 Å². The summed E-state index contributed by atoms with van der Waals surface area (Å²) in [5.74, 6) is 0.513. The normalized spacial score (nSPS) is 15.0. The number of nitrogens with one attached hydrogen (secondary N) is 1. The van der Waals surface area contributed by atoms with Crippen molar-refractivity contribution in [3.63, 3.8) is 0 Å². The molecule has 120 valence electrons. The van der Waals surface area contributed by atoms with Crippen LogP contribution in [-0.2, 0) is 16.6 Å². The predicted molar refractivity (Wildman–Crippen MR) is 87.0 cm³/mol. The summed E-state index contributed by atoms with van der Waals surface area (Å²) >= 11 is 0. The minimum Gasteiger partial charge on any atom is -0.497 e. The van der Waals surface area contributed by atoms with E-state index in [1.807, 2.05) is 36.4 Å². The molecular weight excluding hydrogens is 293 g/mol. The van der Waals surface area contributed by atoms with Crippen LogP contribution in [0.5, 0.6) is 5.75 Å². The van der Waals surface area contributed by atoms with E-state index < -0.39 is 0 Å². The molecule has 0 unspecified atom stereocenters. The van der Waals surface area contributed by atoms with Gasteiger partial charge in [0.15, 0.2) is 0 Å². The fraction of sp³-hybridized carbons (Fsp3) is 0.316. The third kappa shape index (κ3) is 3.70. The van der Waals surface area contributed by atoms with Crippen molar-refractivity contribution >= 4 is 5.91 Å². The van der Waals surface area contributed by atoms with Gasteiger partial charge in [0.2, 0.25) is 5.91 Å². The molecule has 0 bridgehead atoms. The highest BCUT2D eigenvalue weighted by Gasteiger charge is 2.44. The molecule has 3 nitrogen and oxygen atoms in total. The summed E-state index contributed by atoms with van der Waals surface area (Å²) in [5, 5.41) is 3.01. The predicted octanol–water partition coefficient (Wildman–Crippen LogP) is 3.22. The summed E-state index contributed by atoms with van der Waals surface area (Å²) in [6.07, 6.45) is 2.38. The van der Waals surface area contributed by atoms with E-state index in [4.69, 9.17) is 4.74 Å². The number of methoxy groups -OCH3 is 1. The molecule has 0 atom stereocenters. The minimum absolute atomic E-state index is 0.00774. The lowest BCUT2D eigenvalue weighted by Crippen LogP contribution is -2.33. The van der Waals surface area contributed by atoms with Crippen LogP contribution in [0.3, 0.4) is 0 Å². The van der Waals surface area contributed by atoms with Crippen molar-refractivity contribution in [1.82, 2.24) is 5.32 Å². The monoisotopic (exact) mass is 313 g/mol. The molecule has 1 N–H and O–H groups in total. The first-order valence-corrected chi connectivity index (χ1v) is 7.77. The average molecular weight is 313 g/mol. The molecular formula is C19H20FNO2. The Labute approximate surface area is 135 Å². The second-order valence-corrected chi connectivity index (χ2v) is 6.09. The number of carbonyl (C=O) groups is 1. The Morgan fingerprint density at radius 3 is 2.61 bits per heavy atom. The van der Waals surface area contributed by atoms with E-state index in [1.165, 1.54) is 12.1 Å². The van der Waals surface area contributed by atoms with Gasteiger partial charge in [0.25, 0.3) is 0 Å². The molecule has 1 amide bonds. The lowest BCUT2D eigenvalue weighted by Gasteiger charge is -2.16. The molecule has 2 aromatic carbocycles. The van der Waals surface area contributed by atoms with Gasteiger partial charge in [-0.2, -0.15) is 0 Å². The van der Waals surface area contributed by atoms with Crippen LogP contribution >= 0.6 is 0 Å². The van der Waals surface area contributed by atoms with Crippen molar-refractivity contribution in [2.75, 3.05) is 13.7 Å². The summed E-state index contributed by atoms with van der Waals surface area (Å²) in [4.78, 5) is 12.2. The van der Waals surface area contributed by atoms with Crippen molar-refractivity contribution in [2.24, 2.45) is 0 Å². The highest BCUT2D eigenvalue weighted by molar-refractivity contribution is 5.78. The maximum Gasteiger partial charge on any atom is 0.224 e. The first-order valence-electron chi connectivity index (χ1n) is 7.77. The van der Waals surface area contributed by atoms with Crippen LogP contribution in [-0.4, -0.2) is 19.6 Å². The van der Waals surface area contributed by atoms with Gasteiger partial charge in [-0.05, 0) is 48.2 Å². The summed E-state index contributed by atoms with van der Waals surface area (Å²) in [6.45, 7) is 0.599. The number of amides is 1. The minimum atomic E-state index is -0.230. The maximum absolute atomic E-state index is 13.0. The number of carbonyl (C=O) groups excluding carboxylic acids is 1. The second-order valence-electron chi connectivity index (χ2n) is 6.09. The first-order chi connectivity index (χ1) is 11.1. The number of benzene rings is 2. The Bertz CT molecular complexity index is 693. The number of hydrogen-bond donors (Lipinski definition) is 1. The SMILES string of the molecule is COc1cccc(CC(=O)NCC2(c3ccc(F)cc3)CC2)c1. The molecule has 1 aliphatic rings. The van der Waals surface area contributed by atoms with E-state index in [0.29, 0.717) is 13.0 Å². The Kier molecular flexibility index (Phi) is 4.33. The van der Waals surface area contributed by atoms with Gasteiger partial charge in [-0.25, -0.2) is 4.39 Å². The Balaban J connectivity index is 1.57. The fourth-order valence-corrected chi connectivity index (χ4v) is 2.82. The van der Waals surface area contributed by atoms with Crippen LogP contribution < -0.4 is 10.1 Å². The molecule has 0 heterocycles. The third-order valence-corrected chi connectivity index (χ3v) is 4.43. The maximum atomic E-state index is 13.0. The lowest BCUT2D eigenvalue weighted by molar-refractivity contribution is -0.120. The zero-order chi connectivity index (χ0) is 16.3. The second kappa shape index (κ2) is 6.41. The van der Waals surface area contributed by atoms with E-state index >= 15 is 0 Å². The van der Waals surface area contributed by atoms with Crippen LogP contribution in [0.2, 0.25) is 0 Å². The fourth-order valence-electron chi connectivity index (χ4n) is 2.82. The van der Waals surface area contributed by atoms with Crippen molar-refractivity contribution in [1.29, 1.82) is 0 Å². The number of ether oxygens (including phenoxy) is 1. The topological polar surface area (TPSA) is 38.3 Å². The molecule has 0 aromatic heterocycles. The third-order valence-electron chi connectivity index (χ3n) is 4.43. The molecule has 0 radical (unpaired) electrons. The molecule has 1 fully saturated rings. The van der Waals surface area contributed by atoms with E-state index in [2.05, 4.69) is 5.32 Å². The molecule has 1 saturated carbocycles. The van der Waals surface area contributed by atoms with E-state index in [0.717, 1.165) is 29.7 Å². The largest absolute Gasteiger partial charge is 0.497 e. The van der Waals surface area contributed by atoms with Gasteiger partial charge in [-0.1, -0.05) is 24.3 Å². The van der Waals surface area contributed by atoms with E-state index in [9.17, 15) is 9.18 Å². The lowest BCUT2D eigenvalue weighted by atomic mass is 9.96. The van der Waals surface area contributed by atoms with Crippen molar-refractivity contribution in [3.8, 4) is 5.75 Å². The van der Waals surface area contributed by atoms with Gasteiger partial charge in [0.05, 0.1) is 13.5 Å². The van der Waals surface area contributed by atoms with Crippen molar-refractivity contribution in [2.45, 2.75) is 24.7 Å². The van der Waals surface area contributed by atoms with Crippen molar-refractivity contribution < 1.29 is 13.9 Å². The standard InChI is InChI=1S/C19H20FNO2/c1-23-17-4-2-3-14(11-17)12-18(22)21-13-19(9-10-19)15-5-7-16(20)8-6-15/h2-8,11H,9-10,12-13H2,1H3,(H,21,22). The Morgan fingerprint density at radius 1 is 1.22 bits per heavy atom. The van der Waals surface area contributed by atoms with Gasteiger partial charge >= 0.3 is 0 Å². The Morgan fingerprint density at radius 2 is 1.96 bits per heavy atom. The number of hydrogen-bond acceptors (Lipinski definition) is 2. The van der Waals surface area contributed by atoms with Gasteiger partial charge in [0, 0.05) is 12.0 Å². The first kappa shape index (κ1) is 15.5. The summed E-state index contributed by atoms with van der Waals surface area (Å²) in [6, 6.07) is 14.1. The summed E-state index contributed by atoms with van der Waals surface area (Å²) in [7, 11) is 1.61. The molecule has 0 saturated heterocycles. The van der Waals surface area contributed by atoms with Gasteiger partial charge in [-0.15, -0.1) is 0 Å². The molecule has 0 aliphatic heterocycles. The number of rotatable bonds is 6. The quantitative estimate of drug-likeness (QED) is 0.889. The molecule has 4 heteroatoms. The van der Waals surface area contributed by atoms with Crippen LogP contribution in [0, 0.1) is 5.82 Å². The van der Waals surface area contributed by atoms with E-state index in [1.54, 1.807) is 7.11 Å². The smallest absolute Gasteiger partial charge is 0.224 e. The van der Waals surface area contributed by atoms with Crippen LogP contribution in [0.1, 0.15) is 24.0 Å². The zero-order valence-corrected chi connectivity index (χ0v) is 13.1. The highest BCUT2D eigenvalue weighted by Crippen LogP contribution is 2.47. The molecule has 23 heavy (non-hydrogen) atoms. The zero-order valence-electron chi connectivity index (χ0n) is 13.1. The average Bonchev–Trinajstić information content (AvgIpc) is 3.35. The van der Waals surface area contributed by atoms with Gasteiger partial charge < -0.3 is 10.1 Å². The van der Waals surface area contributed by atoms with Crippen molar-refractivity contribution in [3.05, 3.63) is 65.5 Å². The van der Waals surface area contributed by atoms with E-state index in [-0.39, 0.29) is 17.1 Å². The summed E-state index contributed by atoms with van der Waals surface area (Å²) < 4.78 is 18.2.